The van der Waals surface area contributed by atoms with Crippen LogP contribution in [0, 0.1) is 22.7 Å². The molecule has 4 bridgehead atoms. The summed E-state index contributed by atoms with van der Waals surface area (Å²) in [6.45, 7) is 0.101. The van der Waals surface area contributed by atoms with Crippen molar-refractivity contribution in [2.45, 2.75) is 36.6 Å². The summed E-state index contributed by atoms with van der Waals surface area (Å²) in [4.78, 5) is 28.3. The van der Waals surface area contributed by atoms with Gasteiger partial charge in [-0.25, -0.2) is 0 Å². The quantitative estimate of drug-likeness (QED) is 0.360. The molecule has 6 aliphatic rings. The lowest BCUT2D eigenvalue weighted by Gasteiger charge is -2.66. The van der Waals surface area contributed by atoms with E-state index >= 15 is 0 Å². The third kappa shape index (κ3) is 2.03. The second-order valence-electron chi connectivity index (χ2n) is 11.6. The van der Waals surface area contributed by atoms with Crippen LogP contribution in [0.4, 0.5) is 0 Å². The molecule has 3 aliphatic carbocycles. The molecule has 2 spiro atoms. The largest absolute Gasteiger partial charge is 0.496 e. The van der Waals surface area contributed by atoms with Gasteiger partial charge in [0.25, 0.3) is 0 Å². The van der Waals surface area contributed by atoms with Crippen molar-refractivity contribution in [2.75, 3.05) is 20.8 Å². The molecular weight excluding hydrogens is 500 g/mol. The highest BCUT2D eigenvalue weighted by atomic mass is 16.6. The molecule has 2 saturated heterocycles. The molecule has 1 aromatic heterocycles. The molecule has 9 rings (SSSR count). The average Bonchev–Trinajstić information content (AvgIpc) is 3.78. The second-order valence-corrected chi connectivity index (χ2v) is 11.6. The first-order chi connectivity index (χ1) is 19.0. The Morgan fingerprint density at radius 1 is 1.00 bits per heavy atom. The normalized spacial score (nSPS) is 39.1. The first-order valence-corrected chi connectivity index (χ1v) is 13.5. The average molecular weight is 527 g/mol. The standard InChI is InChI=1S/C31H26O8/c1-34-25-16-7-3-4-8-17(16)26(35-2)22-19-12-18(21(22)25)23-24(19)31-28(33)38-14-29(31)10-9-20(39-29)30(23,31)27(32)37-13-15-6-5-11-36-15/h3-11,18-20,23-24H,12-14H2,1-2H3/t18-,19+,20?,23-,24+,29?,30+,31-/m1/s1. The van der Waals surface area contributed by atoms with Crippen molar-refractivity contribution in [2.24, 2.45) is 22.7 Å². The number of fused-ring (bicyclic) bond motifs is 12. The summed E-state index contributed by atoms with van der Waals surface area (Å²) in [5, 5.41) is 1.96. The molecule has 2 saturated carbocycles. The third-order valence-corrected chi connectivity index (χ3v) is 10.8. The zero-order valence-corrected chi connectivity index (χ0v) is 21.5. The highest BCUT2D eigenvalue weighted by molar-refractivity contribution is 6.01. The minimum absolute atomic E-state index is 0.00618. The van der Waals surface area contributed by atoms with E-state index < -0.39 is 28.5 Å². The van der Waals surface area contributed by atoms with Gasteiger partial charge in [-0.1, -0.05) is 30.3 Å². The fraction of sp³-hybridized carbons (Fsp3) is 0.419. The predicted octanol–water partition coefficient (Wildman–Crippen LogP) is 4.26. The summed E-state index contributed by atoms with van der Waals surface area (Å²) in [7, 11) is 3.39. The Balaban J connectivity index is 1.28. The number of rotatable bonds is 5. The van der Waals surface area contributed by atoms with Crippen molar-refractivity contribution >= 4 is 22.7 Å². The van der Waals surface area contributed by atoms with E-state index in [1.807, 2.05) is 36.4 Å². The molecule has 2 unspecified atom stereocenters. The van der Waals surface area contributed by atoms with Gasteiger partial charge in [0.2, 0.25) is 0 Å². The Labute approximate surface area is 223 Å². The number of benzene rings is 2. The summed E-state index contributed by atoms with van der Waals surface area (Å²) in [6, 6.07) is 11.6. The van der Waals surface area contributed by atoms with Gasteiger partial charge in [0.15, 0.2) is 0 Å². The van der Waals surface area contributed by atoms with E-state index in [9.17, 15) is 9.59 Å². The lowest BCUT2D eigenvalue weighted by Crippen LogP contribution is -2.77. The molecule has 0 N–H and O–H groups in total. The number of carbonyl (C=O) groups is 2. The zero-order valence-electron chi connectivity index (χ0n) is 21.5. The number of methoxy groups -OCH3 is 2. The minimum atomic E-state index is -1.19. The first-order valence-electron chi connectivity index (χ1n) is 13.5. The van der Waals surface area contributed by atoms with Crippen molar-refractivity contribution in [3.63, 3.8) is 0 Å². The Morgan fingerprint density at radius 2 is 1.72 bits per heavy atom. The van der Waals surface area contributed by atoms with Crippen LogP contribution in [0.25, 0.3) is 10.8 Å². The molecule has 3 aromatic rings. The van der Waals surface area contributed by atoms with Crippen LogP contribution in [0.5, 0.6) is 11.5 Å². The fourth-order valence-corrected chi connectivity index (χ4v) is 9.95. The van der Waals surface area contributed by atoms with Crippen molar-refractivity contribution in [1.29, 1.82) is 0 Å². The first kappa shape index (κ1) is 22.1. The molecule has 2 aromatic carbocycles. The Bertz CT molecular complexity index is 1640. The summed E-state index contributed by atoms with van der Waals surface area (Å²) < 4.78 is 35.9. The fourth-order valence-electron chi connectivity index (χ4n) is 9.95. The highest BCUT2D eigenvalue weighted by Gasteiger charge is 2.98. The highest BCUT2D eigenvalue weighted by Crippen LogP contribution is 2.89. The van der Waals surface area contributed by atoms with Gasteiger partial charge in [0.05, 0.1) is 26.6 Å². The van der Waals surface area contributed by atoms with Crippen LogP contribution in [0.3, 0.4) is 0 Å². The van der Waals surface area contributed by atoms with Crippen LogP contribution < -0.4 is 9.47 Å². The molecule has 3 aliphatic heterocycles. The van der Waals surface area contributed by atoms with Gasteiger partial charge < -0.3 is 28.1 Å². The van der Waals surface area contributed by atoms with Gasteiger partial charge in [-0.2, -0.15) is 0 Å². The minimum Gasteiger partial charge on any atom is -0.496 e. The van der Waals surface area contributed by atoms with Crippen molar-refractivity contribution in [3.8, 4) is 11.5 Å². The topological polar surface area (TPSA) is 93.4 Å². The maximum absolute atomic E-state index is 14.4. The van der Waals surface area contributed by atoms with Crippen LogP contribution in [0.15, 0.2) is 59.2 Å². The van der Waals surface area contributed by atoms with Crippen LogP contribution >= 0.6 is 0 Å². The summed E-state index contributed by atoms with van der Waals surface area (Å²) in [5.41, 5.74) is -1.13. The van der Waals surface area contributed by atoms with Gasteiger partial charge in [-0.05, 0) is 48.3 Å². The number of carbonyl (C=O) groups excluding carboxylic acids is 2. The number of hydrogen-bond donors (Lipinski definition) is 0. The van der Waals surface area contributed by atoms with E-state index in [-0.39, 0.29) is 42.9 Å². The van der Waals surface area contributed by atoms with Gasteiger partial charge in [0.1, 0.15) is 46.9 Å². The molecule has 0 radical (unpaired) electrons. The third-order valence-electron chi connectivity index (χ3n) is 10.8. The van der Waals surface area contributed by atoms with Crippen molar-refractivity contribution in [1.82, 2.24) is 0 Å². The van der Waals surface area contributed by atoms with E-state index in [1.165, 1.54) is 0 Å². The van der Waals surface area contributed by atoms with Crippen LogP contribution in [-0.2, 0) is 30.4 Å². The molecule has 4 fully saturated rings. The van der Waals surface area contributed by atoms with Crippen LogP contribution in [0.2, 0.25) is 0 Å². The maximum Gasteiger partial charge on any atom is 0.317 e. The number of cyclic esters (lactones) is 1. The molecule has 4 heterocycles. The molecule has 8 atom stereocenters. The predicted molar refractivity (Wildman–Crippen MR) is 135 cm³/mol. The van der Waals surface area contributed by atoms with Gasteiger partial charge in [-0.3, -0.25) is 9.59 Å². The lowest BCUT2D eigenvalue weighted by atomic mass is 9.30. The Morgan fingerprint density at radius 3 is 2.38 bits per heavy atom. The Kier molecular flexibility index (Phi) is 3.88. The molecule has 8 nitrogen and oxygen atoms in total. The molecule has 0 amide bonds. The van der Waals surface area contributed by atoms with Crippen molar-refractivity contribution < 1.29 is 37.7 Å². The number of hydrogen-bond acceptors (Lipinski definition) is 8. The monoisotopic (exact) mass is 526 g/mol. The van der Waals surface area contributed by atoms with Crippen LogP contribution in [-0.4, -0.2) is 44.5 Å². The van der Waals surface area contributed by atoms with Crippen LogP contribution in [0.1, 0.15) is 35.1 Å². The number of furan rings is 1. The summed E-state index contributed by atoms with van der Waals surface area (Å²) >= 11 is 0. The van der Waals surface area contributed by atoms with E-state index in [0.29, 0.717) is 5.76 Å². The Hall–Kier alpha value is -3.78. The summed E-state index contributed by atoms with van der Waals surface area (Å²) in [5.74, 6) is 1.07. The molecular formula is C31H26O8. The summed E-state index contributed by atoms with van der Waals surface area (Å²) in [6.07, 6.45) is 5.69. The molecule has 8 heteroatoms. The van der Waals surface area contributed by atoms with E-state index in [1.54, 1.807) is 32.6 Å². The second kappa shape index (κ2) is 6.86. The molecule has 39 heavy (non-hydrogen) atoms. The van der Waals surface area contributed by atoms with E-state index in [0.717, 1.165) is 39.8 Å². The van der Waals surface area contributed by atoms with Gasteiger partial charge in [-0.15, -0.1) is 0 Å². The zero-order chi connectivity index (χ0) is 26.3. The van der Waals surface area contributed by atoms with Gasteiger partial charge >= 0.3 is 11.9 Å². The van der Waals surface area contributed by atoms with Crippen molar-refractivity contribution in [3.05, 3.63) is 71.7 Å². The van der Waals surface area contributed by atoms with E-state index in [2.05, 4.69) is 0 Å². The smallest absolute Gasteiger partial charge is 0.317 e. The maximum atomic E-state index is 14.4. The number of esters is 2. The van der Waals surface area contributed by atoms with Gasteiger partial charge in [0, 0.05) is 21.9 Å². The number of ether oxygens (including phenoxy) is 5. The molecule has 198 valence electrons. The lowest BCUT2D eigenvalue weighted by molar-refractivity contribution is -0.227. The SMILES string of the molecule is COc1c2c(c(OC)c3ccccc13)[C@@H]1C[C@H]2[C@@H]2[C@H]1[C@@]13C(=O)OCC14C=CC(O4)[C@@]23C(=O)OCc1ccco1. The van der Waals surface area contributed by atoms with E-state index in [4.69, 9.17) is 28.1 Å².